The van der Waals surface area contributed by atoms with Gasteiger partial charge in [-0.15, -0.1) is 0 Å². The molecule has 0 unspecified atom stereocenters. The van der Waals surface area contributed by atoms with E-state index in [0.29, 0.717) is 12.8 Å². The number of anilines is 1. The van der Waals surface area contributed by atoms with E-state index in [1.807, 2.05) is 0 Å². The molecule has 0 saturated heterocycles. The molecule has 19 heavy (non-hydrogen) atoms. The van der Waals surface area contributed by atoms with Crippen molar-refractivity contribution in [3.8, 4) is 0 Å². The molecule has 1 aromatic rings. The molecule has 1 aliphatic carbocycles. The first-order valence-electron chi connectivity index (χ1n) is 5.64. The van der Waals surface area contributed by atoms with E-state index in [0.717, 1.165) is 4.90 Å². The number of benzene rings is 1. The molecule has 1 aliphatic rings. The molecular formula is C12H11ClF3NO2. The summed E-state index contributed by atoms with van der Waals surface area (Å²) in [6, 6.07) is 3.65. The lowest BCUT2D eigenvalue weighted by molar-refractivity contribution is -0.120. The quantitative estimate of drug-likeness (QED) is 0.922. The minimum Gasteiger partial charge on any atom is -0.478 e. The highest BCUT2D eigenvalue weighted by atomic mass is 35.5. The summed E-state index contributed by atoms with van der Waals surface area (Å²) in [7, 11) is 0. The summed E-state index contributed by atoms with van der Waals surface area (Å²) < 4.78 is 37.7. The third-order valence-electron chi connectivity index (χ3n) is 2.84. The van der Waals surface area contributed by atoms with Gasteiger partial charge in [0, 0.05) is 11.1 Å². The SMILES string of the molecule is O=C(O)c1cc(Cl)ccc1N(CC(F)(F)F)C1CC1. The van der Waals surface area contributed by atoms with Crippen LogP contribution in [0, 0.1) is 0 Å². The number of carboxylic acids is 1. The van der Waals surface area contributed by atoms with E-state index in [2.05, 4.69) is 0 Å². The average molecular weight is 294 g/mol. The van der Waals surface area contributed by atoms with E-state index < -0.39 is 18.7 Å². The van der Waals surface area contributed by atoms with Crippen LogP contribution in [-0.4, -0.2) is 29.8 Å². The summed E-state index contributed by atoms with van der Waals surface area (Å²) in [4.78, 5) is 12.2. The Labute approximate surface area is 112 Å². The Morgan fingerprint density at radius 2 is 2.05 bits per heavy atom. The number of alkyl halides is 3. The topological polar surface area (TPSA) is 40.5 Å². The van der Waals surface area contributed by atoms with Crippen LogP contribution in [0.1, 0.15) is 23.2 Å². The van der Waals surface area contributed by atoms with Crippen molar-refractivity contribution in [2.75, 3.05) is 11.4 Å². The lowest BCUT2D eigenvalue weighted by Gasteiger charge is -2.27. The number of nitrogens with zero attached hydrogens (tertiary/aromatic N) is 1. The zero-order valence-electron chi connectivity index (χ0n) is 9.75. The summed E-state index contributed by atoms with van der Waals surface area (Å²) in [5, 5.41) is 9.26. The van der Waals surface area contributed by atoms with Gasteiger partial charge in [-0.2, -0.15) is 13.2 Å². The van der Waals surface area contributed by atoms with Crippen LogP contribution in [0.15, 0.2) is 18.2 Å². The lowest BCUT2D eigenvalue weighted by atomic mass is 10.1. The Balaban J connectivity index is 2.39. The molecule has 0 aliphatic heterocycles. The summed E-state index contributed by atoms with van der Waals surface area (Å²) in [6.45, 7) is -1.15. The van der Waals surface area contributed by atoms with Crippen molar-refractivity contribution < 1.29 is 23.1 Å². The fraction of sp³-hybridized carbons (Fsp3) is 0.417. The van der Waals surface area contributed by atoms with Gasteiger partial charge in [-0.3, -0.25) is 0 Å². The molecule has 2 rings (SSSR count). The van der Waals surface area contributed by atoms with Crippen LogP contribution in [0.25, 0.3) is 0 Å². The van der Waals surface area contributed by atoms with Crippen LogP contribution in [0.4, 0.5) is 18.9 Å². The van der Waals surface area contributed by atoms with Gasteiger partial charge in [0.25, 0.3) is 0 Å². The minimum atomic E-state index is -4.38. The van der Waals surface area contributed by atoms with Crippen LogP contribution in [0.3, 0.4) is 0 Å². The molecule has 0 heterocycles. The molecular weight excluding hydrogens is 283 g/mol. The fourth-order valence-electron chi connectivity index (χ4n) is 1.92. The second-order valence-electron chi connectivity index (χ2n) is 4.44. The van der Waals surface area contributed by atoms with Crippen LogP contribution >= 0.6 is 11.6 Å². The average Bonchev–Trinajstić information content (AvgIpc) is 3.08. The summed E-state index contributed by atoms with van der Waals surface area (Å²) in [5.74, 6) is -1.29. The number of hydrogen-bond acceptors (Lipinski definition) is 2. The first kappa shape index (κ1) is 14.0. The van der Waals surface area contributed by atoms with E-state index in [1.54, 1.807) is 0 Å². The molecule has 3 nitrogen and oxygen atoms in total. The van der Waals surface area contributed by atoms with Crippen LogP contribution < -0.4 is 4.90 Å². The lowest BCUT2D eigenvalue weighted by Crippen LogP contribution is -2.36. The van der Waals surface area contributed by atoms with Crippen molar-refractivity contribution >= 4 is 23.3 Å². The highest BCUT2D eigenvalue weighted by Gasteiger charge is 2.39. The van der Waals surface area contributed by atoms with E-state index in [1.165, 1.54) is 18.2 Å². The monoisotopic (exact) mass is 293 g/mol. The van der Waals surface area contributed by atoms with E-state index in [9.17, 15) is 18.0 Å². The third kappa shape index (κ3) is 3.53. The predicted octanol–water partition coefficient (Wildman–Crippen LogP) is 3.57. The maximum atomic E-state index is 12.6. The van der Waals surface area contributed by atoms with Gasteiger partial charge in [0.15, 0.2) is 0 Å². The summed E-state index contributed by atoms with van der Waals surface area (Å²) in [5.41, 5.74) is -0.139. The number of hydrogen-bond donors (Lipinski definition) is 1. The summed E-state index contributed by atoms with van der Waals surface area (Å²) in [6.07, 6.45) is -3.10. The second kappa shape index (κ2) is 4.92. The first-order valence-corrected chi connectivity index (χ1v) is 6.02. The number of carbonyl (C=O) groups is 1. The second-order valence-corrected chi connectivity index (χ2v) is 4.88. The maximum absolute atomic E-state index is 12.6. The van der Waals surface area contributed by atoms with Crippen molar-refractivity contribution in [2.24, 2.45) is 0 Å². The van der Waals surface area contributed by atoms with Gasteiger partial charge in [-0.1, -0.05) is 11.6 Å². The highest BCUT2D eigenvalue weighted by Crippen LogP contribution is 2.36. The van der Waals surface area contributed by atoms with E-state index in [-0.39, 0.29) is 22.3 Å². The summed E-state index contributed by atoms with van der Waals surface area (Å²) >= 11 is 5.69. The van der Waals surface area contributed by atoms with E-state index >= 15 is 0 Å². The Bertz CT molecular complexity index is 500. The standard InChI is InChI=1S/C12H11ClF3NO2/c13-7-1-4-10(9(5-7)11(18)19)17(8-2-3-8)6-12(14,15)16/h1,4-5,8H,2-3,6H2,(H,18,19). The molecule has 0 bridgehead atoms. The van der Waals surface area contributed by atoms with Crippen molar-refractivity contribution in [1.82, 2.24) is 0 Å². The third-order valence-corrected chi connectivity index (χ3v) is 3.07. The van der Waals surface area contributed by atoms with Gasteiger partial charge >= 0.3 is 12.1 Å². The molecule has 104 valence electrons. The van der Waals surface area contributed by atoms with E-state index in [4.69, 9.17) is 16.7 Å². The van der Waals surface area contributed by atoms with Crippen molar-refractivity contribution in [1.29, 1.82) is 0 Å². The molecule has 7 heteroatoms. The molecule has 0 radical (unpaired) electrons. The molecule has 0 aromatic heterocycles. The molecule has 0 atom stereocenters. The fourth-order valence-corrected chi connectivity index (χ4v) is 2.09. The molecule has 1 N–H and O–H groups in total. The Morgan fingerprint density at radius 3 is 2.53 bits per heavy atom. The van der Waals surface area contributed by atoms with Crippen LogP contribution in [0.2, 0.25) is 5.02 Å². The molecule has 1 fully saturated rings. The van der Waals surface area contributed by atoms with Gasteiger partial charge in [0.05, 0.1) is 11.3 Å². The number of rotatable bonds is 4. The van der Waals surface area contributed by atoms with Crippen LogP contribution in [0.5, 0.6) is 0 Å². The minimum absolute atomic E-state index is 0.0664. The number of halogens is 4. The van der Waals surface area contributed by atoms with Crippen LogP contribution in [-0.2, 0) is 0 Å². The maximum Gasteiger partial charge on any atom is 0.405 e. The Morgan fingerprint density at radius 1 is 1.42 bits per heavy atom. The normalized spacial score (nSPS) is 15.4. The van der Waals surface area contributed by atoms with Crippen molar-refractivity contribution in [2.45, 2.75) is 25.1 Å². The van der Waals surface area contributed by atoms with Gasteiger partial charge in [-0.05, 0) is 31.0 Å². The van der Waals surface area contributed by atoms with Gasteiger partial charge in [0.2, 0.25) is 0 Å². The van der Waals surface area contributed by atoms with Gasteiger partial charge in [0.1, 0.15) is 6.54 Å². The van der Waals surface area contributed by atoms with Crippen molar-refractivity contribution in [3.05, 3.63) is 28.8 Å². The smallest absolute Gasteiger partial charge is 0.405 e. The highest BCUT2D eigenvalue weighted by molar-refractivity contribution is 6.31. The zero-order chi connectivity index (χ0) is 14.2. The zero-order valence-corrected chi connectivity index (χ0v) is 10.5. The van der Waals surface area contributed by atoms with Crippen molar-refractivity contribution in [3.63, 3.8) is 0 Å². The molecule has 1 aromatic carbocycles. The molecule has 0 amide bonds. The number of carboxylic acid groups (broad SMARTS) is 1. The largest absolute Gasteiger partial charge is 0.478 e. The Kier molecular flexibility index (Phi) is 3.62. The number of aromatic carboxylic acids is 1. The van der Waals surface area contributed by atoms with Gasteiger partial charge < -0.3 is 10.0 Å². The molecule has 0 spiro atoms. The van der Waals surface area contributed by atoms with Gasteiger partial charge in [-0.25, -0.2) is 4.79 Å². The first-order chi connectivity index (χ1) is 8.78. The molecule has 1 saturated carbocycles. The predicted molar refractivity (Wildman–Crippen MR) is 64.8 cm³/mol. The Hall–Kier alpha value is -1.43.